The maximum atomic E-state index is 15.2. The van der Waals surface area contributed by atoms with E-state index >= 15 is 4.39 Å². The Kier molecular flexibility index (Phi) is 17.2. The van der Waals surface area contributed by atoms with Crippen LogP contribution in [-0.2, 0) is 31.2 Å². The predicted molar refractivity (Wildman–Crippen MR) is 194 cm³/mol. The molecule has 0 spiro atoms. The van der Waals surface area contributed by atoms with Gasteiger partial charge < -0.3 is 24.8 Å². The Morgan fingerprint density at radius 1 is 0.960 bits per heavy atom. The summed E-state index contributed by atoms with van der Waals surface area (Å²) in [6.45, 7) is 20.8. The molecule has 8 nitrogen and oxygen atoms in total. The van der Waals surface area contributed by atoms with E-state index in [0.717, 1.165) is 29.7 Å². The molecule has 0 atom stereocenters. The molecule has 3 heterocycles. The Hall–Kier alpha value is -4.38. The summed E-state index contributed by atoms with van der Waals surface area (Å²) < 4.78 is 50.5. The topological polar surface area (TPSA) is 114 Å². The fraction of sp³-hybridized carbons (Fsp3) is 0.462. The van der Waals surface area contributed by atoms with Crippen molar-refractivity contribution in [1.29, 1.82) is 0 Å². The number of amides is 1. The van der Waals surface area contributed by atoms with E-state index in [9.17, 15) is 23.5 Å². The largest absolute Gasteiger partial charge is 0.490 e. The van der Waals surface area contributed by atoms with Crippen molar-refractivity contribution >= 4 is 22.9 Å². The first-order valence-electron chi connectivity index (χ1n) is 17.2. The van der Waals surface area contributed by atoms with E-state index in [1.165, 1.54) is 16.7 Å². The Morgan fingerprint density at radius 3 is 2.06 bits per heavy atom. The quantitative estimate of drug-likeness (QED) is 0.185. The highest BCUT2D eigenvalue weighted by atomic mass is 19.1. The van der Waals surface area contributed by atoms with Crippen LogP contribution in [0.15, 0.2) is 30.3 Å². The number of aliphatic carboxylic acids is 1. The maximum absolute atomic E-state index is 15.2. The van der Waals surface area contributed by atoms with Gasteiger partial charge in [0.2, 0.25) is 0 Å². The number of carboxylic acid groups (broad SMARTS) is 1. The van der Waals surface area contributed by atoms with Crippen molar-refractivity contribution in [3.8, 4) is 16.9 Å². The van der Waals surface area contributed by atoms with Crippen LogP contribution in [0.1, 0.15) is 107 Å². The number of halogens is 3. The minimum Gasteiger partial charge on any atom is -0.490 e. The number of carboxylic acids is 1. The lowest BCUT2D eigenvalue weighted by Gasteiger charge is -2.23. The van der Waals surface area contributed by atoms with E-state index < -0.39 is 34.9 Å². The van der Waals surface area contributed by atoms with Gasteiger partial charge in [-0.25, -0.2) is 18.2 Å². The van der Waals surface area contributed by atoms with Gasteiger partial charge in [0.05, 0.1) is 18.6 Å². The number of pyridine rings is 1. The fourth-order valence-electron chi connectivity index (χ4n) is 5.25. The molecule has 0 saturated carbocycles. The van der Waals surface area contributed by atoms with Crippen molar-refractivity contribution in [2.24, 2.45) is 7.05 Å². The average Bonchev–Trinajstić information content (AvgIpc) is 3.40. The van der Waals surface area contributed by atoms with Gasteiger partial charge in [0.1, 0.15) is 23.0 Å². The van der Waals surface area contributed by atoms with Gasteiger partial charge in [-0.05, 0) is 94.0 Å². The summed E-state index contributed by atoms with van der Waals surface area (Å²) in [4.78, 5) is 29.6. The number of carbonyl (C=O) groups is 2. The average molecular weight is 702 g/mol. The number of rotatable bonds is 6. The van der Waals surface area contributed by atoms with Crippen LogP contribution in [0.5, 0.6) is 5.75 Å². The van der Waals surface area contributed by atoms with Crippen LogP contribution in [-0.4, -0.2) is 43.8 Å². The molecule has 0 radical (unpaired) electrons. The van der Waals surface area contributed by atoms with E-state index in [0.29, 0.717) is 46.4 Å². The SMILES string of the molecule is CC.CC.CC.CC(C)(C)O.Cc1nc2c(cc(C(=O)NCc3c(F)cccc3F)n2C)c(-c2cc(F)c3c(c2C)CCCO3)c1CC(=O)O. The zero-order valence-corrected chi connectivity index (χ0v) is 31.6. The van der Waals surface area contributed by atoms with Gasteiger partial charge in [0, 0.05) is 35.8 Å². The number of benzene rings is 2. The van der Waals surface area contributed by atoms with Crippen LogP contribution >= 0.6 is 0 Å². The van der Waals surface area contributed by atoms with E-state index in [1.54, 1.807) is 40.8 Å². The van der Waals surface area contributed by atoms with Gasteiger partial charge in [0.25, 0.3) is 5.91 Å². The zero-order chi connectivity index (χ0) is 38.5. The molecule has 2 aromatic heterocycles. The van der Waals surface area contributed by atoms with E-state index in [1.807, 2.05) is 48.5 Å². The standard InChI is InChI=1S/C29H26F3N3O4.C4H10O.3C2H6/c1-14-16-6-5-9-39-27(16)23(32)10-17(14)26-18(12-25(36)37)15(2)34-28-19(26)11-24(35(28)3)29(38)33-13-20-21(30)7-4-8-22(20)31;1-4(2,3)5;3*1-2/h4,7-8,10-11H,5-6,9,12-13H2,1-3H3,(H,33,38)(H,36,37);5H,1-3H3;3*1-2H3. The molecule has 276 valence electrons. The van der Waals surface area contributed by atoms with Crippen molar-refractivity contribution in [2.75, 3.05) is 6.61 Å². The molecule has 0 fully saturated rings. The normalized spacial score (nSPS) is 11.5. The summed E-state index contributed by atoms with van der Waals surface area (Å²) in [6, 6.07) is 6.34. The first-order chi connectivity index (χ1) is 23.6. The molecule has 1 aliphatic rings. The highest BCUT2D eigenvalue weighted by Crippen LogP contribution is 2.42. The highest BCUT2D eigenvalue weighted by Gasteiger charge is 2.27. The molecular formula is C39H54F3N3O5. The molecule has 2 aromatic carbocycles. The Morgan fingerprint density at radius 2 is 1.52 bits per heavy atom. The Labute approximate surface area is 294 Å². The monoisotopic (exact) mass is 701 g/mol. The lowest BCUT2D eigenvalue weighted by Crippen LogP contribution is -2.25. The summed E-state index contributed by atoms with van der Waals surface area (Å²) in [5.41, 5.74) is 3.03. The van der Waals surface area contributed by atoms with Gasteiger partial charge in [-0.2, -0.15) is 0 Å². The fourth-order valence-corrected chi connectivity index (χ4v) is 5.25. The molecule has 4 aromatic rings. The number of aryl methyl sites for hydroxylation is 2. The number of nitrogens with one attached hydrogen (secondary N) is 1. The van der Waals surface area contributed by atoms with Crippen molar-refractivity contribution in [1.82, 2.24) is 14.9 Å². The van der Waals surface area contributed by atoms with Gasteiger partial charge >= 0.3 is 5.97 Å². The van der Waals surface area contributed by atoms with Crippen molar-refractivity contribution < 1.29 is 37.7 Å². The number of ether oxygens (including phenoxy) is 1. The van der Waals surface area contributed by atoms with Crippen LogP contribution in [0.25, 0.3) is 22.2 Å². The Balaban J connectivity index is 0.00000102. The van der Waals surface area contributed by atoms with Gasteiger partial charge in [-0.1, -0.05) is 47.6 Å². The third-order valence-electron chi connectivity index (χ3n) is 7.24. The molecule has 11 heteroatoms. The van der Waals surface area contributed by atoms with Crippen molar-refractivity contribution in [2.45, 2.75) is 108 Å². The summed E-state index contributed by atoms with van der Waals surface area (Å²) >= 11 is 0. The summed E-state index contributed by atoms with van der Waals surface area (Å²) in [5.74, 6) is -3.59. The number of fused-ring (bicyclic) bond motifs is 2. The first-order valence-corrected chi connectivity index (χ1v) is 17.2. The number of carbonyl (C=O) groups excluding carboxylic acids is 1. The van der Waals surface area contributed by atoms with E-state index in [2.05, 4.69) is 10.3 Å². The summed E-state index contributed by atoms with van der Waals surface area (Å²) in [6.07, 6.45) is 0.978. The smallest absolute Gasteiger partial charge is 0.307 e. The lowest BCUT2D eigenvalue weighted by atomic mass is 9.87. The molecule has 0 saturated heterocycles. The van der Waals surface area contributed by atoms with Gasteiger partial charge in [-0.3, -0.25) is 9.59 Å². The van der Waals surface area contributed by atoms with Crippen LogP contribution in [0.4, 0.5) is 13.2 Å². The number of hydrogen-bond acceptors (Lipinski definition) is 5. The maximum Gasteiger partial charge on any atom is 0.307 e. The van der Waals surface area contributed by atoms with Crippen molar-refractivity contribution in [3.63, 3.8) is 0 Å². The zero-order valence-electron chi connectivity index (χ0n) is 31.6. The molecule has 3 N–H and O–H groups in total. The summed E-state index contributed by atoms with van der Waals surface area (Å²) in [7, 11) is 1.61. The van der Waals surface area contributed by atoms with Crippen LogP contribution in [0.2, 0.25) is 0 Å². The molecule has 5 rings (SSSR count). The van der Waals surface area contributed by atoms with Crippen LogP contribution < -0.4 is 10.1 Å². The second kappa shape index (κ2) is 19.7. The molecule has 1 aliphatic heterocycles. The number of hydrogen-bond donors (Lipinski definition) is 3. The Bertz CT molecular complexity index is 1730. The number of nitrogens with zero attached hydrogens (tertiary/aromatic N) is 2. The molecule has 0 unspecified atom stereocenters. The molecule has 0 aliphatic carbocycles. The van der Waals surface area contributed by atoms with Crippen LogP contribution in [0.3, 0.4) is 0 Å². The summed E-state index contributed by atoms with van der Waals surface area (Å²) in [5, 5.41) is 21.2. The van der Waals surface area contributed by atoms with E-state index in [4.69, 9.17) is 9.84 Å². The van der Waals surface area contributed by atoms with Crippen molar-refractivity contribution in [3.05, 3.63) is 81.4 Å². The predicted octanol–water partition coefficient (Wildman–Crippen LogP) is 9.01. The number of aromatic nitrogens is 2. The highest BCUT2D eigenvalue weighted by molar-refractivity contribution is 6.04. The molecule has 1 amide bonds. The van der Waals surface area contributed by atoms with Crippen LogP contribution in [0, 0.1) is 31.3 Å². The van der Waals surface area contributed by atoms with Gasteiger partial charge in [-0.15, -0.1) is 0 Å². The number of aliphatic hydroxyl groups is 1. The molecule has 50 heavy (non-hydrogen) atoms. The van der Waals surface area contributed by atoms with Gasteiger partial charge in [0.15, 0.2) is 11.6 Å². The minimum absolute atomic E-state index is 0.141. The van der Waals surface area contributed by atoms with E-state index in [-0.39, 0.29) is 30.0 Å². The molecule has 0 bridgehead atoms. The third kappa shape index (κ3) is 10.8. The third-order valence-corrected chi connectivity index (χ3v) is 7.24. The first kappa shape index (κ1) is 43.6. The minimum atomic E-state index is -1.08. The second-order valence-corrected chi connectivity index (χ2v) is 11.8. The lowest BCUT2D eigenvalue weighted by molar-refractivity contribution is -0.136. The second-order valence-electron chi connectivity index (χ2n) is 11.8. The molecular weight excluding hydrogens is 647 g/mol.